The molecule has 0 aliphatic carbocycles. The number of aliphatic carboxylic acids is 2. The molecule has 16 nitrogen and oxygen atoms in total. The first kappa shape index (κ1) is 49.6. The Morgan fingerprint density at radius 3 is 1.71 bits per heavy atom. The highest BCUT2D eigenvalue weighted by atomic mass is 32.1. The molecule has 1 aliphatic rings. The molecule has 8 heterocycles. The van der Waals surface area contributed by atoms with Crippen LogP contribution < -0.4 is 5.32 Å². The molecule has 380 valence electrons. The maximum Gasteiger partial charge on any atom is 0.317 e. The number of aromatic nitrogens is 7. The van der Waals surface area contributed by atoms with Gasteiger partial charge in [-0.05, 0) is 95.4 Å². The number of aryl methyl sites for hydroxylation is 2. The number of H-pyrrole nitrogens is 1. The standard InChI is InChI=1S/C56H53N11O5S3/c1-4-34-8-5-9-35(28-34)42-14-16-44(73-42)49-53-54(60-52(41-11-7-21-64(41)3)51(59-53)40-10-6-20-63(40)2)50(56-55(49)61-75-62-56)45-17-15-43(74-45)36-12-13-39-38(29-36)37(30-58-39)18-19-57-46(68)31-65-22-24-66(32-47(69)70)26-27-67(25-23-65)33-48(71)72/h4-17,20-21,28-30,58H,1,18-19,22-27,31-33H2,2-3H3,(H,57,68)(H,69,70)(H,71,72). The lowest BCUT2D eigenvalue weighted by molar-refractivity contribution is -0.140. The van der Waals surface area contributed by atoms with Crippen LogP contribution >= 0.6 is 34.4 Å². The van der Waals surface area contributed by atoms with Gasteiger partial charge in [0.05, 0.1) is 42.8 Å². The summed E-state index contributed by atoms with van der Waals surface area (Å²) in [5, 5.41) is 23.0. The lowest BCUT2D eigenvalue weighted by Crippen LogP contribution is -2.43. The van der Waals surface area contributed by atoms with Gasteiger partial charge in [-0.2, -0.15) is 8.75 Å². The zero-order valence-corrected chi connectivity index (χ0v) is 43.8. The summed E-state index contributed by atoms with van der Waals surface area (Å²) in [5.74, 6) is -2.03. The first-order valence-electron chi connectivity index (χ1n) is 24.6. The SMILES string of the molecule is C=Cc1cccc(-c2ccc(-c3c4nsnc4c(-c4ccc(-c5ccc6[nH]cc(CCNC(=O)CN7CCN(CC(=O)O)CCN(CC(=O)O)CC7)c6c5)s4)c4nc(-c5cccn5C)c(-c5cccn5C)nc34)s2)c1. The molecule has 10 aromatic rings. The lowest BCUT2D eigenvalue weighted by Gasteiger charge is -2.24. The minimum Gasteiger partial charge on any atom is -0.480 e. The summed E-state index contributed by atoms with van der Waals surface area (Å²) in [6.45, 7) is 7.01. The third-order valence-electron chi connectivity index (χ3n) is 13.9. The number of amides is 1. The van der Waals surface area contributed by atoms with Gasteiger partial charge >= 0.3 is 11.9 Å². The van der Waals surface area contributed by atoms with Gasteiger partial charge in [-0.15, -0.1) is 22.7 Å². The summed E-state index contributed by atoms with van der Waals surface area (Å²) in [4.78, 5) is 60.9. The van der Waals surface area contributed by atoms with E-state index in [0.29, 0.717) is 52.2 Å². The second-order valence-electron chi connectivity index (χ2n) is 18.8. The van der Waals surface area contributed by atoms with Crippen molar-refractivity contribution in [3.63, 3.8) is 0 Å². The molecule has 3 aromatic carbocycles. The van der Waals surface area contributed by atoms with Gasteiger partial charge in [0.15, 0.2) is 0 Å². The highest BCUT2D eigenvalue weighted by Crippen LogP contribution is 2.48. The largest absolute Gasteiger partial charge is 0.480 e. The van der Waals surface area contributed by atoms with E-state index in [1.807, 2.05) is 55.8 Å². The van der Waals surface area contributed by atoms with Crippen LogP contribution in [-0.2, 0) is 34.9 Å². The fourth-order valence-corrected chi connectivity index (χ4v) is 12.7. The number of nitrogens with zero attached hydrogens (tertiary/aromatic N) is 9. The van der Waals surface area contributed by atoms with Crippen LogP contribution in [-0.4, -0.2) is 141 Å². The molecule has 1 amide bonds. The van der Waals surface area contributed by atoms with E-state index < -0.39 is 11.9 Å². The van der Waals surface area contributed by atoms with Crippen molar-refractivity contribution in [2.24, 2.45) is 14.1 Å². The number of hydrogen-bond acceptors (Lipinski definition) is 13. The molecule has 4 N–H and O–H groups in total. The van der Waals surface area contributed by atoms with Gasteiger partial charge in [0, 0.05) is 120 Å². The van der Waals surface area contributed by atoms with Crippen LogP contribution in [0.1, 0.15) is 11.1 Å². The Labute approximate surface area is 444 Å². The second-order valence-corrected chi connectivity index (χ2v) is 21.5. The summed E-state index contributed by atoms with van der Waals surface area (Å²) in [6.07, 6.45) is 8.51. The summed E-state index contributed by atoms with van der Waals surface area (Å²) in [7, 11) is 4.06. The first-order chi connectivity index (χ1) is 36.5. The van der Waals surface area contributed by atoms with Crippen molar-refractivity contribution in [3.05, 3.63) is 127 Å². The average Bonchev–Trinajstić information content (AvgIpc) is 4.29. The minimum atomic E-state index is -0.944. The minimum absolute atomic E-state index is 0.120. The Hall–Kier alpha value is -7.65. The first-order valence-corrected chi connectivity index (χ1v) is 27.0. The van der Waals surface area contributed by atoms with Gasteiger partial charge in [-0.25, -0.2) is 9.97 Å². The molecule has 0 unspecified atom stereocenters. The average molecular weight is 1060 g/mol. The molecule has 11 rings (SSSR count). The maximum absolute atomic E-state index is 13.4. The van der Waals surface area contributed by atoms with E-state index in [9.17, 15) is 24.6 Å². The monoisotopic (exact) mass is 1060 g/mol. The van der Waals surface area contributed by atoms with Crippen molar-refractivity contribution in [1.82, 2.24) is 52.8 Å². The summed E-state index contributed by atoms with van der Waals surface area (Å²) in [6, 6.07) is 31.6. The van der Waals surface area contributed by atoms with E-state index in [2.05, 4.69) is 105 Å². The van der Waals surface area contributed by atoms with Gasteiger partial charge in [0.2, 0.25) is 5.91 Å². The van der Waals surface area contributed by atoms with Crippen molar-refractivity contribution in [2.75, 3.05) is 65.4 Å². The van der Waals surface area contributed by atoms with Crippen molar-refractivity contribution in [2.45, 2.75) is 6.42 Å². The van der Waals surface area contributed by atoms with E-state index >= 15 is 0 Å². The Balaban J connectivity index is 0.911. The molecule has 1 aliphatic heterocycles. The van der Waals surface area contributed by atoms with Crippen molar-refractivity contribution in [1.29, 1.82) is 0 Å². The van der Waals surface area contributed by atoms with Crippen LogP contribution in [0.3, 0.4) is 0 Å². The summed E-state index contributed by atoms with van der Waals surface area (Å²) >= 11 is 4.56. The molecule has 1 fully saturated rings. The quantitative estimate of drug-likeness (QED) is 0.0719. The molecule has 0 bridgehead atoms. The zero-order valence-electron chi connectivity index (χ0n) is 41.3. The van der Waals surface area contributed by atoms with E-state index in [0.717, 1.165) is 109 Å². The van der Waals surface area contributed by atoms with Crippen molar-refractivity contribution >= 4 is 91.3 Å². The predicted molar refractivity (Wildman–Crippen MR) is 300 cm³/mol. The number of aromatic amines is 1. The van der Waals surface area contributed by atoms with E-state index in [1.165, 1.54) is 11.7 Å². The summed E-state index contributed by atoms with van der Waals surface area (Å²) in [5.41, 5.74) is 13.5. The number of hydrogen-bond donors (Lipinski definition) is 4. The van der Waals surface area contributed by atoms with Crippen LogP contribution in [0.2, 0.25) is 0 Å². The van der Waals surface area contributed by atoms with Crippen molar-refractivity contribution in [3.8, 4) is 64.5 Å². The normalized spacial score (nSPS) is 14.1. The summed E-state index contributed by atoms with van der Waals surface area (Å²) < 4.78 is 14.2. The molecular weight excluding hydrogens is 1000 g/mol. The fraction of sp³-hybridized carbons (Fsp3) is 0.232. The highest BCUT2D eigenvalue weighted by molar-refractivity contribution is 7.19. The predicted octanol–water partition coefficient (Wildman–Crippen LogP) is 9.31. The molecule has 1 saturated heterocycles. The number of thiophene rings is 2. The van der Waals surface area contributed by atoms with Gasteiger partial charge in [-0.3, -0.25) is 29.1 Å². The molecule has 0 atom stereocenters. The van der Waals surface area contributed by atoms with Crippen LogP contribution in [0.15, 0.2) is 116 Å². The molecule has 0 radical (unpaired) electrons. The van der Waals surface area contributed by atoms with Crippen LogP contribution in [0.5, 0.6) is 0 Å². The molecular formula is C56H53N11O5S3. The fourth-order valence-electron chi connectivity index (χ4n) is 10.0. The van der Waals surface area contributed by atoms with Gasteiger partial charge < -0.3 is 29.6 Å². The third-order valence-corrected chi connectivity index (χ3v) is 16.7. The smallest absolute Gasteiger partial charge is 0.317 e. The van der Waals surface area contributed by atoms with Crippen LogP contribution in [0.4, 0.5) is 0 Å². The molecule has 75 heavy (non-hydrogen) atoms. The van der Waals surface area contributed by atoms with E-state index in [-0.39, 0.29) is 25.5 Å². The number of carbonyl (C=O) groups excluding carboxylic acids is 1. The Morgan fingerprint density at radius 2 is 1.19 bits per heavy atom. The molecule has 0 saturated carbocycles. The number of carbonyl (C=O) groups is 3. The number of benzene rings is 3. The zero-order chi connectivity index (χ0) is 51.7. The van der Waals surface area contributed by atoms with Crippen LogP contribution in [0.25, 0.3) is 104 Å². The highest BCUT2D eigenvalue weighted by Gasteiger charge is 2.28. The lowest BCUT2D eigenvalue weighted by atomic mass is 10.0. The third kappa shape index (κ3) is 10.3. The van der Waals surface area contributed by atoms with Gasteiger partial charge in [0.25, 0.3) is 0 Å². The number of carboxylic acid groups (broad SMARTS) is 2. The van der Waals surface area contributed by atoms with E-state index in [4.69, 9.17) is 18.7 Å². The van der Waals surface area contributed by atoms with Gasteiger partial charge in [0.1, 0.15) is 33.5 Å². The number of carboxylic acids is 2. The van der Waals surface area contributed by atoms with E-state index in [1.54, 1.807) is 32.5 Å². The molecule has 19 heteroatoms. The number of fused-ring (bicyclic) bond motifs is 3. The molecule has 0 spiro atoms. The van der Waals surface area contributed by atoms with Gasteiger partial charge in [-0.1, -0.05) is 36.9 Å². The maximum atomic E-state index is 13.4. The van der Waals surface area contributed by atoms with Crippen LogP contribution in [0, 0.1) is 0 Å². The number of rotatable bonds is 16. The van der Waals surface area contributed by atoms with Crippen molar-refractivity contribution < 1.29 is 24.6 Å². The number of nitrogens with one attached hydrogen (secondary N) is 2. The second kappa shape index (κ2) is 21.3. The topological polar surface area (TPSA) is 191 Å². The Morgan fingerprint density at radius 1 is 0.653 bits per heavy atom. The molecule has 7 aromatic heterocycles. The Kier molecular flexibility index (Phi) is 14.1. The Bertz CT molecular complexity index is 3760.